The molecule has 1 aromatic rings. The lowest BCUT2D eigenvalue weighted by Crippen LogP contribution is -2.31. The molecule has 0 radical (unpaired) electrons. The number of carbonyl (C=O) groups excluding carboxylic acids is 1. The first-order valence-corrected chi connectivity index (χ1v) is 6.20. The summed E-state index contributed by atoms with van der Waals surface area (Å²) in [6.07, 6.45) is 4.00. The summed E-state index contributed by atoms with van der Waals surface area (Å²) in [6, 6.07) is 3.67. The van der Waals surface area contributed by atoms with E-state index < -0.39 is 5.97 Å². The normalized spacial score (nSPS) is 19.0. The molecule has 0 bridgehead atoms. The molecule has 1 atom stereocenters. The topological polar surface area (TPSA) is 73.7 Å². The predicted octanol–water partition coefficient (Wildman–Crippen LogP) is 1.18. The largest absolute Gasteiger partial charge is 0.481 e. The first kappa shape index (κ1) is 13.3. The van der Waals surface area contributed by atoms with Crippen molar-refractivity contribution in [3.8, 4) is 0 Å². The van der Waals surface area contributed by atoms with Gasteiger partial charge in [-0.05, 0) is 18.1 Å². The Kier molecular flexibility index (Phi) is 3.99. The van der Waals surface area contributed by atoms with Crippen LogP contribution < -0.4 is 0 Å². The molecule has 6 heteroatoms. The number of hydrogen-bond acceptors (Lipinski definition) is 3. The van der Waals surface area contributed by atoms with E-state index in [0.717, 1.165) is 5.56 Å². The maximum atomic E-state index is 12.0. The molecular weight excluding hydrogens is 246 g/mol. The van der Waals surface area contributed by atoms with Gasteiger partial charge in [0.25, 0.3) is 0 Å². The van der Waals surface area contributed by atoms with Crippen LogP contribution in [0.4, 0.5) is 4.79 Å². The number of aliphatic carboxylic acids is 1. The van der Waals surface area contributed by atoms with Gasteiger partial charge in [0, 0.05) is 39.0 Å². The van der Waals surface area contributed by atoms with Crippen LogP contribution in [-0.4, -0.2) is 51.5 Å². The highest BCUT2D eigenvalue weighted by atomic mass is 16.4. The third-order valence-corrected chi connectivity index (χ3v) is 3.34. The van der Waals surface area contributed by atoms with Gasteiger partial charge in [0.15, 0.2) is 0 Å². The van der Waals surface area contributed by atoms with Gasteiger partial charge in [-0.25, -0.2) is 4.79 Å². The number of rotatable bonds is 5. The van der Waals surface area contributed by atoms with Crippen LogP contribution in [0.25, 0.3) is 0 Å². The Morgan fingerprint density at radius 3 is 3.00 bits per heavy atom. The molecule has 0 saturated carbocycles. The molecular formula is C13H17N3O3. The molecule has 0 aromatic carbocycles. The van der Waals surface area contributed by atoms with Crippen LogP contribution in [0, 0.1) is 0 Å². The van der Waals surface area contributed by atoms with E-state index in [1.807, 2.05) is 12.1 Å². The smallest absolute Gasteiger partial charge is 0.320 e. The number of likely N-dealkylation sites (N-methyl/N-ethyl adjacent to an activating group) is 1. The van der Waals surface area contributed by atoms with Crippen molar-refractivity contribution in [1.82, 2.24) is 14.8 Å². The minimum atomic E-state index is -0.827. The third kappa shape index (κ3) is 3.21. The zero-order valence-corrected chi connectivity index (χ0v) is 10.8. The van der Waals surface area contributed by atoms with E-state index >= 15 is 0 Å². The Labute approximate surface area is 111 Å². The molecule has 1 saturated heterocycles. The fourth-order valence-corrected chi connectivity index (χ4v) is 2.25. The number of aromatic nitrogens is 1. The Bertz CT molecular complexity index is 463. The molecule has 0 spiro atoms. The van der Waals surface area contributed by atoms with Gasteiger partial charge in [-0.2, -0.15) is 0 Å². The molecule has 1 aliphatic rings. The molecule has 2 amide bonds. The molecule has 2 heterocycles. The minimum Gasteiger partial charge on any atom is -0.481 e. The lowest BCUT2D eigenvalue weighted by atomic mass is 10.1. The average molecular weight is 263 g/mol. The maximum Gasteiger partial charge on any atom is 0.320 e. The second kappa shape index (κ2) is 5.69. The van der Waals surface area contributed by atoms with Crippen molar-refractivity contribution in [2.75, 3.05) is 13.6 Å². The van der Waals surface area contributed by atoms with Crippen LogP contribution in [0.3, 0.4) is 0 Å². The van der Waals surface area contributed by atoms with Crippen LogP contribution in [0.1, 0.15) is 18.4 Å². The monoisotopic (exact) mass is 263 g/mol. The molecule has 1 unspecified atom stereocenters. The van der Waals surface area contributed by atoms with E-state index in [9.17, 15) is 9.59 Å². The summed E-state index contributed by atoms with van der Waals surface area (Å²) in [7, 11) is 1.72. The zero-order chi connectivity index (χ0) is 13.8. The van der Waals surface area contributed by atoms with Gasteiger partial charge in [0.2, 0.25) is 0 Å². The number of urea groups is 1. The Morgan fingerprint density at radius 2 is 2.37 bits per heavy atom. The van der Waals surface area contributed by atoms with Gasteiger partial charge < -0.3 is 14.9 Å². The molecule has 102 valence electrons. The molecule has 6 nitrogen and oxygen atoms in total. The van der Waals surface area contributed by atoms with Crippen molar-refractivity contribution in [2.45, 2.75) is 25.4 Å². The number of carboxylic acid groups (broad SMARTS) is 1. The first-order chi connectivity index (χ1) is 9.08. The van der Waals surface area contributed by atoms with Crippen LogP contribution in [0.5, 0.6) is 0 Å². The molecule has 19 heavy (non-hydrogen) atoms. The molecule has 2 rings (SSSR count). The van der Waals surface area contributed by atoms with Crippen LogP contribution >= 0.6 is 0 Å². The SMILES string of the molecule is CN1C(=O)N(Cc2cccnc2)CC1CCC(=O)O. The highest BCUT2D eigenvalue weighted by Gasteiger charge is 2.34. The first-order valence-electron chi connectivity index (χ1n) is 6.20. The minimum absolute atomic E-state index is 0.0275. The maximum absolute atomic E-state index is 12.0. The predicted molar refractivity (Wildman–Crippen MR) is 68.5 cm³/mol. The third-order valence-electron chi connectivity index (χ3n) is 3.34. The fourth-order valence-electron chi connectivity index (χ4n) is 2.25. The van der Waals surface area contributed by atoms with E-state index in [1.165, 1.54) is 0 Å². The van der Waals surface area contributed by atoms with Crippen molar-refractivity contribution >= 4 is 12.0 Å². The molecule has 1 aromatic heterocycles. The van der Waals surface area contributed by atoms with Crippen molar-refractivity contribution in [2.24, 2.45) is 0 Å². The van der Waals surface area contributed by atoms with Gasteiger partial charge in [0.05, 0.1) is 6.04 Å². The number of hydrogen-bond donors (Lipinski definition) is 1. The summed E-state index contributed by atoms with van der Waals surface area (Å²) in [4.78, 5) is 30.0. The van der Waals surface area contributed by atoms with Crippen molar-refractivity contribution in [3.05, 3.63) is 30.1 Å². The lowest BCUT2D eigenvalue weighted by Gasteiger charge is -2.16. The van der Waals surface area contributed by atoms with E-state index in [4.69, 9.17) is 5.11 Å². The van der Waals surface area contributed by atoms with Gasteiger partial charge in [-0.3, -0.25) is 9.78 Å². The van der Waals surface area contributed by atoms with Crippen molar-refractivity contribution in [3.63, 3.8) is 0 Å². The second-order valence-corrected chi connectivity index (χ2v) is 4.72. The zero-order valence-electron chi connectivity index (χ0n) is 10.8. The van der Waals surface area contributed by atoms with Crippen molar-refractivity contribution in [1.29, 1.82) is 0 Å². The Hall–Kier alpha value is -2.11. The van der Waals surface area contributed by atoms with Gasteiger partial charge >= 0.3 is 12.0 Å². The number of carbonyl (C=O) groups is 2. The summed E-state index contributed by atoms with van der Waals surface area (Å²) in [5.74, 6) is -0.827. The average Bonchev–Trinajstić information content (AvgIpc) is 2.66. The number of nitrogens with zero attached hydrogens (tertiary/aromatic N) is 3. The van der Waals surface area contributed by atoms with Gasteiger partial charge in [0.1, 0.15) is 0 Å². The number of amides is 2. The van der Waals surface area contributed by atoms with Crippen LogP contribution in [0.2, 0.25) is 0 Å². The Morgan fingerprint density at radius 1 is 1.58 bits per heavy atom. The van der Waals surface area contributed by atoms with Gasteiger partial charge in [-0.15, -0.1) is 0 Å². The number of carboxylic acids is 1. The lowest BCUT2D eigenvalue weighted by molar-refractivity contribution is -0.137. The van der Waals surface area contributed by atoms with E-state index in [0.29, 0.717) is 19.5 Å². The van der Waals surface area contributed by atoms with Crippen LogP contribution in [-0.2, 0) is 11.3 Å². The van der Waals surface area contributed by atoms with Crippen molar-refractivity contribution < 1.29 is 14.7 Å². The second-order valence-electron chi connectivity index (χ2n) is 4.72. The summed E-state index contributed by atoms with van der Waals surface area (Å²) < 4.78 is 0. The summed E-state index contributed by atoms with van der Waals surface area (Å²) in [6.45, 7) is 1.08. The van der Waals surface area contributed by atoms with Gasteiger partial charge in [-0.1, -0.05) is 6.07 Å². The standard InChI is InChI=1S/C13H17N3O3/c1-15-11(4-5-12(17)18)9-16(13(15)19)8-10-3-2-6-14-7-10/h2-3,6-7,11H,4-5,8-9H2,1H3,(H,17,18). The number of pyridine rings is 1. The summed E-state index contributed by atoms with van der Waals surface area (Å²) >= 11 is 0. The van der Waals surface area contributed by atoms with E-state index in [-0.39, 0.29) is 18.5 Å². The molecule has 0 aliphatic carbocycles. The highest BCUT2D eigenvalue weighted by molar-refractivity contribution is 5.77. The quantitative estimate of drug-likeness (QED) is 0.865. The summed E-state index contributed by atoms with van der Waals surface area (Å²) in [5.41, 5.74) is 0.975. The molecule has 1 N–H and O–H groups in total. The molecule has 1 fully saturated rings. The fraction of sp³-hybridized carbons (Fsp3) is 0.462. The van der Waals surface area contributed by atoms with E-state index in [2.05, 4.69) is 4.98 Å². The van der Waals surface area contributed by atoms with Crippen LogP contribution in [0.15, 0.2) is 24.5 Å². The molecule has 1 aliphatic heterocycles. The Balaban J connectivity index is 1.96. The van der Waals surface area contributed by atoms with E-state index in [1.54, 1.807) is 29.2 Å². The highest BCUT2D eigenvalue weighted by Crippen LogP contribution is 2.19. The summed E-state index contributed by atoms with van der Waals surface area (Å²) in [5, 5.41) is 8.70.